The van der Waals surface area contributed by atoms with E-state index in [1.165, 1.54) is 0 Å². The molecular formula is C32H29NO3. The number of carbonyl (C=O) groups is 2. The number of ketones is 1. The summed E-state index contributed by atoms with van der Waals surface area (Å²) in [7, 11) is 0. The van der Waals surface area contributed by atoms with Crippen LogP contribution in [-0.4, -0.2) is 17.8 Å². The molecule has 4 nitrogen and oxygen atoms in total. The van der Waals surface area contributed by atoms with Crippen molar-refractivity contribution in [2.75, 3.05) is 4.90 Å². The Morgan fingerprint density at radius 3 is 1.81 bits per heavy atom. The number of esters is 1. The molecule has 0 aromatic heterocycles. The molecule has 4 heteroatoms. The van der Waals surface area contributed by atoms with E-state index < -0.39 is 17.6 Å². The highest BCUT2D eigenvalue weighted by Crippen LogP contribution is 2.40. The van der Waals surface area contributed by atoms with Gasteiger partial charge in [-0.3, -0.25) is 4.79 Å². The quantitative estimate of drug-likeness (QED) is 0.228. The van der Waals surface area contributed by atoms with Crippen LogP contribution in [0.5, 0.6) is 0 Å². The third kappa shape index (κ3) is 5.08. The van der Waals surface area contributed by atoms with Crippen molar-refractivity contribution in [3.8, 4) is 0 Å². The predicted octanol–water partition coefficient (Wildman–Crippen LogP) is 6.11. The monoisotopic (exact) mass is 475 g/mol. The number of carbonyl (C=O) groups excluding carboxylic acids is 2. The standard InChI is InChI=1S/C32H29NO3/c34-29-23-32(27-17-9-3-10-18-27,22-21-25-13-5-1-6-14-25)36-31(35)30(29)33(28-19-11-4-12-20-28)24-26-15-7-2-8-16-26/h1-20,30H,21-24H2. The summed E-state index contributed by atoms with van der Waals surface area (Å²) in [5.74, 6) is -0.620. The molecule has 0 amide bonds. The number of anilines is 1. The zero-order chi connectivity index (χ0) is 24.8. The number of rotatable bonds is 8. The lowest BCUT2D eigenvalue weighted by atomic mass is 9.79. The molecule has 1 saturated heterocycles. The van der Waals surface area contributed by atoms with E-state index in [1.54, 1.807) is 0 Å². The van der Waals surface area contributed by atoms with Crippen LogP contribution < -0.4 is 4.90 Å². The number of cyclic esters (lactones) is 1. The Kier molecular flexibility index (Phi) is 6.94. The van der Waals surface area contributed by atoms with Gasteiger partial charge in [0.05, 0.1) is 6.42 Å². The van der Waals surface area contributed by atoms with Gasteiger partial charge in [0.15, 0.2) is 11.8 Å². The molecule has 0 N–H and O–H groups in total. The van der Waals surface area contributed by atoms with Crippen molar-refractivity contribution < 1.29 is 14.3 Å². The van der Waals surface area contributed by atoms with Crippen molar-refractivity contribution >= 4 is 17.4 Å². The number of Topliss-reactive ketones (excluding diaryl/α,β-unsaturated/α-hetero) is 1. The molecule has 2 unspecified atom stereocenters. The lowest BCUT2D eigenvalue weighted by Crippen LogP contribution is -2.56. The fourth-order valence-electron chi connectivity index (χ4n) is 5.00. The van der Waals surface area contributed by atoms with Crippen molar-refractivity contribution in [2.24, 2.45) is 0 Å². The molecule has 0 aliphatic carbocycles. The molecule has 2 atom stereocenters. The molecule has 5 rings (SSSR count). The smallest absolute Gasteiger partial charge is 0.337 e. The lowest BCUT2D eigenvalue weighted by molar-refractivity contribution is -0.175. The molecule has 1 aliphatic rings. The first-order valence-electron chi connectivity index (χ1n) is 12.4. The molecule has 0 radical (unpaired) electrons. The third-order valence-electron chi connectivity index (χ3n) is 6.84. The Morgan fingerprint density at radius 1 is 0.694 bits per heavy atom. The first-order valence-corrected chi connectivity index (χ1v) is 12.4. The lowest BCUT2D eigenvalue weighted by Gasteiger charge is -2.42. The van der Waals surface area contributed by atoms with E-state index in [1.807, 2.05) is 114 Å². The van der Waals surface area contributed by atoms with Crippen LogP contribution in [-0.2, 0) is 32.9 Å². The van der Waals surface area contributed by atoms with Crippen LogP contribution in [0, 0.1) is 0 Å². The van der Waals surface area contributed by atoms with Crippen LogP contribution in [0.3, 0.4) is 0 Å². The van der Waals surface area contributed by atoms with Crippen LogP contribution in [0.2, 0.25) is 0 Å². The number of hydrogen-bond donors (Lipinski definition) is 0. The van der Waals surface area contributed by atoms with Crippen molar-refractivity contribution in [1.82, 2.24) is 0 Å². The van der Waals surface area contributed by atoms with Gasteiger partial charge < -0.3 is 9.64 Å². The van der Waals surface area contributed by atoms with Gasteiger partial charge in [-0.15, -0.1) is 0 Å². The number of hydrogen-bond acceptors (Lipinski definition) is 4. The van der Waals surface area contributed by atoms with Crippen molar-refractivity contribution in [1.29, 1.82) is 0 Å². The van der Waals surface area contributed by atoms with E-state index in [-0.39, 0.29) is 12.2 Å². The highest BCUT2D eigenvalue weighted by Gasteiger charge is 2.50. The molecule has 1 heterocycles. The minimum atomic E-state index is -0.999. The molecule has 0 saturated carbocycles. The van der Waals surface area contributed by atoms with E-state index in [2.05, 4.69) is 12.1 Å². The number of para-hydroxylation sites is 1. The zero-order valence-corrected chi connectivity index (χ0v) is 20.1. The molecular weight excluding hydrogens is 446 g/mol. The summed E-state index contributed by atoms with van der Waals surface area (Å²) in [6.07, 6.45) is 1.38. The fourth-order valence-corrected chi connectivity index (χ4v) is 5.00. The molecule has 0 bridgehead atoms. The molecule has 0 spiro atoms. The van der Waals surface area contributed by atoms with Gasteiger partial charge in [-0.25, -0.2) is 4.79 Å². The second kappa shape index (κ2) is 10.6. The van der Waals surface area contributed by atoms with E-state index in [0.717, 1.165) is 22.4 Å². The average Bonchev–Trinajstić information content (AvgIpc) is 2.93. The van der Waals surface area contributed by atoms with Gasteiger partial charge in [0.25, 0.3) is 0 Å². The van der Waals surface area contributed by atoms with E-state index in [9.17, 15) is 9.59 Å². The normalized spacial score (nSPS) is 19.5. The number of nitrogens with zero attached hydrogens (tertiary/aromatic N) is 1. The largest absolute Gasteiger partial charge is 0.452 e. The Bertz CT molecular complexity index is 1270. The number of benzene rings is 4. The summed E-state index contributed by atoms with van der Waals surface area (Å²) >= 11 is 0. The molecule has 1 fully saturated rings. The summed E-state index contributed by atoms with van der Waals surface area (Å²) in [6.45, 7) is 0.429. The minimum absolute atomic E-state index is 0.122. The van der Waals surface area contributed by atoms with Crippen molar-refractivity contribution in [2.45, 2.75) is 37.5 Å². The van der Waals surface area contributed by atoms with Gasteiger partial charge in [-0.05, 0) is 41.7 Å². The molecule has 180 valence electrons. The summed E-state index contributed by atoms with van der Waals surface area (Å²) < 4.78 is 6.30. The van der Waals surface area contributed by atoms with Crippen molar-refractivity contribution in [3.63, 3.8) is 0 Å². The zero-order valence-electron chi connectivity index (χ0n) is 20.1. The Balaban J connectivity index is 1.47. The van der Waals surface area contributed by atoms with Crippen LogP contribution in [0.25, 0.3) is 0 Å². The summed E-state index contributed by atoms with van der Waals surface area (Å²) in [6, 6.07) is 38.3. The fraction of sp³-hybridized carbons (Fsp3) is 0.188. The summed E-state index contributed by atoms with van der Waals surface area (Å²) in [5, 5.41) is 0. The molecule has 4 aromatic rings. The number of aryl methyl sites for hydroxylation is 1. The summed E-state index contributed by atoms with van der Waals surface area (Å²) in [5.41, 5.74) is 2.85. The van der Waals surface area contributed by atoms with Crippen molar-refractivity contribution in [3.05, 3.63) is 138 Å². The van der Waals surface area contributed by atoms with E-state index in [0.29, 0.717) is 19.4 Å². The highest BCUT2D eigenvalue weighted by atomic mass is 16.6. The number of ether oxygens (including phenoxy) is 1. The van der Waals surface area contributed by atoms with Gasteiger partial charge in [-0.1, -0.05) is 109 Å². The topological polar surface area (TPSA) is 46.6 Å². The SMILES string of the molecule is O=C1CC(CCc2ccccc2)(c2ccccc2)OC(=O)C1N(Cc1ccccc1)c1ccccc1. The maximum atomic E-state index is 13.9. The van der Waals surface area contributed by atoms with Crippen LogP contribution in [0.15, 0.2) is 121 Å². The predicted molar refractivity (Wildman–Crippen MR) is 141 cm³/mol. The van der Waals surface area contributed by atoms with E-state index >= 15 is 0 Å². The first-order chi connectivity index (χ1) is 17.6. The van der Waals surface area contributed by atoms with Gasteiger partial charge in [0.1, 0.15) is 5.60 Å². The first kappa shape index (κ1) is 23.6. The molecule has 36 heavy (non-hydrogen) atoms. The Hall–Kier alpha value is -4.18. The van der Waals surface area contributed by atoms with Gasteiger partial charge in [0.2, 0.25) is 0 Å². The average molecular weight is 476 g/mol. The third-order valence-corrected chi connectivity index (χ3v) is 6.84. The maximum Gasteiger partial charge on any atom is 0.337 e. The minimum Gasteiger partial charge on any atom is -0.452 e. The summed E-state index contributed by atoms with van der Waals surface area (Å²) in [4.78, 5) is 29.5. The molecule has 4 aromatic carbocycles. The highest BCUT2D eigenvalue weighted by molar-refractivity contribution is 6.08. The van der Waals surface area contributed by atoms with E-state index in [4.69, 9.17) is 4.74 Å². The Labute approximate surface area is 212 Å². The maximum absolute atomic E-state index is 13.9. The second-order valence-electron chi connectivity index (χ2n) is 9.26. The Morgan fingerprint density at radius 2 is 1.22 bits per heavy atom. The van der Waals surface area contributed by atoms with Gasteiger partial charge in [-0.2, -0.15) is 0 Å². The van der Waals surface area contributed by atoms with Gasteiger partial charge in [0, 0.05) is 12.2 Å². The molecule has 1 aliphatic heterocycles. The van der Waals surface area contributed by atoms with Crippen LogP contribution in [0.4, 0.5) is 5.69 Å². The van der Waals surface area contributed by atoms with Crippen LogP contribution in [0.1, 0.15) is 29.5 Å². The second-order valence-corrected chi connectivity index (χ2v) is 9.26. The van der Waals surface area contributed by atoms with Gasteiger partial charge >= 0.3 is 5.97 Å². The van der Waals surface area contributed by atoms with Crippen LogP contribution >= 0.6 is 0 Å².